The van der Waals surface area contributed by atoms with Crippen LogP contribution in [0, 0.1) is 23.1 Å². The van der Waals surface area contributed by atoms with Crippen LogP contribution in [0.5, 0.6) is 0 Å². The topological polar surface area (TPSA) is 81.9 Å². The van der Waals surface area contributed by atoms with Crippen LogP contribution in [-0.2, 0) is 6.42 Å². The number of nitrogens with one attached hydrogen (secondary N) is 1. The van der Waals surface area contributed by atoms with Crippen LogP contribution < -0.4 is 5.32 Å². The van der Waals surface area contributed by atoms with E-state index in [2.05, 4.69) is 21.4 Å². The average molecular weight is 432 g/mol. The van der Waals surface area contributed by atoms with Crippen LogP contribution in [0.4, 0.5) is 10.3 Å². The van der Waals surface area contributed by atoms with E-state index in [9.17, 15) is 9.18 Å². The summed E-state index contributed by atoms with van der Waals surface area (Å²) in [5, 5.41) is 12.2. The highest BCUT2D eigenvalue weighted by atomic mass is 19.1. The van der Waals surface area contributed by atoms with Crippen LogP contribution in [0.1, 0.15) is 35.3 Å². The quantitative estimate of drug-likeness (QED) is 0.566. The maximum absolute atomic E-state index is 13.4. The van der Waals surface area contributed by atoms with Gasteiger partial charge in [0.25, 0.3) is 5.91 Å². The van der Waals surface area contributed by atoms with Crippen molar-refractivity contribution in [2.75, 3.05) is 25.5 Å². The van der Waals surface area contributed by atoms with E-state index >= 15 is 0 Å². The third kappa shape index (κ3) is 5.88. The first-order chi connectivity index (χ1) is 15.4. The predicted octanol–water partition coefficient (Wildman–Crippen LogP) is 4.54. The molecule has 3 rings (SSSR count). The third-order valence-corrected chi connectivity index (χ3v) is 4.88. The van der Waals surface area contributed by atoms with Gasteiger partial charge in [-0.25, -0.2) is 14.4 Å². The molecule has 1 N–H and O–H groups in total. The summed E-state index contributed by atoms with van der Waals surface area (Å²) in [7, 11) is 1.76. The lowest BCUT2D eigenvalue weighted by atomic mass is 10.0. The second-order valence-electron chi connectivity index (χ2n) is 8.03. The van der Waals surface area contributed by atoms with Gasteiger partial charge in [0.2, 0.25) is 5.95 Å². The molecule has 0 fully saturated rings. The molecular formula is C25H26FN5O. The molecule has 32 heavy (non-hydrogen) atoms. The van der Waals surface area contributed by atoms with Gasteiger partial charge in [-0.15, -0.1) is 0 Å². The molecule has 0 unspecified atom stereocenters. The molecule has 0 atom stereocenters. The van der Waals surface area contributed by atoms with Gasteiger partial charge in [-0.2, -0.15) is 5.26 Å². The first-order valence-electron chi connectivity index (χ1n) is 10.5. The number of nitrogens with zero attached hydrogens (tertiary/aromatic N) is 4. The Morgan fingerprint density at radius 3 is 2.62 bits per heavy atom. The Balaban J connectivity index is 1.86. The molecule has 2 aromatic carbocycles. The lowest BCUT2D eigenvalue weighted by Gasteiger charge is -2.21. The van der Waals surface area contributed by atoms with E-state index in [0.717, 1.165) is 11.1 Å². The zero-order chi connectivity index (χ0) is 23.1. The summed E-state index contributed by atoms with van der Waals surface area (Å²) in [5.41, 5.74) is 3.01. The summed E-state index contributed by atoms with van der Waals surface area (Å²) < 4.78 is 13.4. The van der Waals surface area contributed by atoms with Gasteiger partial charge < -0.3 is 10.2 Å². The Morgan fingerprint density at radius 1 is 1.22 bits per heavy atom. The van der Waals surface area contributed by atoms with Crippen molar-refractivity contribution in [3.8, 4) is 17.3 Å². The molecule has 0 saturated heterocycles. The fourth-order valence-corrected chi connectivity index (χ4v) is 3.39. The van der Waals surface area contributed by atoms with Crippen molar-refractivity contribution < 1.29 is 9.18 Å². The van der Waals surface area contributed by atoms with E-state index in [-0.39, 0.29) is 11.7 Å². The number of nitriles is 1. The van der Waals surface area contributed by atoms with Gasteiger partial charge in [-0.1, -0.05) is 38.1 Å². The number of rotatable bonds is 8. The van der Waals surface area contributed by atoms with E-state index in [1.807, 2.05) is 19.9 Å². The molecule has 0 aliphatic rings. The Hall–Kier alpha value is -3.79. The van der Waals surface area contributed by atoms with Crippen LogP contribution in [0.25, 0.3) is 11.3 Å². The summed E-state index contributed by atoms with van der Waals surface area (Å²) in [5.74, 6) is 0.274. The summed E-state index contributed by atoms with van der Waals surface area (Å²) in [6.07, 6.45) is 2.13. The third-order valence-electron chi connectivity index (χ3n) is 4.88. The highest BCUT2D eigenvalue weighted by Crippen LogP contribution is 2.24. The monoisotopic (exact) mass is 431 g/mol. The number of carbonyl (C=O) groups is 1. The molecule has 0 saturated carbocycles. The van der Waals surface area contributed by atoms with Gasteiger partial charge in [0.1, 0.15) is 5.82 Å². The Labute approximate surface area is 187 Å². The van der Waals surface area contributed by atoms with Crippen molar-refractivity contribution in [3.05, 3.63) is 77.2 Å². The molecule has 0 radical (unpaired) electrons. The van der Waals surface area contributed by atoms with Crippen molar-refractivity contribution >= 4 is 11.9 Å². The van der Waals surface area contributed by atoms with E-state index in [1.54, 1.807) is 42.3 Å². The minimum Gasteiger partial charge on any atom is -0.354 e. The lowest BCUT2D eigenvalue weighted by Crippen LogP contribution is -2.31. The van der Waals surface area contributed by atoms with Crippen LogP contribution >= 0.6 is 0 Å². The van der Waals surface area contributed by atoms with E-state index in [0.29, 0.717) is 48.2 Å². The minimum absolute atomic E-state index is 0.163. The first-order valence-corrected chi connectivity index (χ1v) is 10.5. The SMILES string of the molecule is CC(C)CN(C)C(=O)c1cnc(NCCc2cccc(F)c2)nc1-c1ccc(C#N)cc1. The molecule has 1 amide bonds. The summed E-state index contributed by atoms with van der Waals surface area (Å²) in [6.45, 7) is 5.22. The molecular weight excluding hydrogens is 405 g/mol. The fourth-order valence-electron chi connectivity index (χ4n) is 3.39. The molecule has 0 aliphatic carbocycles. The first kappa shape index (κ1) is 22.9. The number of hydrogen-bond donors (Lipinski definition) is 1. The van der Waals surface area contributed by atoms with Crippen LogP contribution in [0.3, 0.4) is 0 Å². The highest BCUT2D eigenvalue weighted by Gasteiger charge is 2.20. The number of anilines is 1. The number of hydrogen-bond acceptors (Lipinski definition) is 5. The maximum Gasteiger partial charge on any atom is 0.257 e. The van der Waals surface area contributed by atoms with Gasteiger partial charge >= 0.3 is 0 Å². The van der Waals surface area contributed by atoms with Crippen molar-refractivity contribution in [1.29, 1.82) is 5.26 Å². The van der Waals surface area contributed by atoms with Gasteiger partial charge in [-0.3, -0.25) is 4.79 Å². The number of benzene rings is 2. The number of amides is 1. The summed E-state index contributed by atoms with van der Waals surface area (Å²) in [6, 6.07) is 15.5. The zero-order valence-corrected chi connectivity index (χ0v) is 18.5. The fraction of sp³-hybridized carbons (Fsp3) is 0.280. The molecule has 3 aromatic rings. The van der Waals surface area contributed by atoms with Gasteiger partial charge in [0.05, 0.1) is 22.9 Å². The number of aromatic nitrogens is 2. The average Bonchev–Trinajstić information content (AvgIpc) is 2.78. The molecule has 7 heteroatoms. The lowest BCUT2D eigenvalue weighted by molar-refractivity contribution is 0.0779. The Bertz CT molecular complexity index is 1120. The van der Waals surface area contributed by atoms with Crippen molar-refractivity contribution in [1.82, 2.24) is 14.9 Å². The number of halogens is 1. The van der Waals surface area contributed by atoms with Gasteiger partial charge in [-0.05, 0) is 42.2 Å². The smallest absolute Gasteiger partial charge is 0.257 e. The Kier molecular flexibility index (Phi) is 7.50. The zero-order valence-electron chi connectivity index (χ0n) is 18.5. The molecule has 0 spiro atoms. The maximum atomic E-state index is 13.4. The normalized spacial score (nSPS) is 10.6. The van der Waals surface area contributed by atoms with E-state index < -0.39 is 0 Å². The van der Waals surface area contributed by atoms with E-state index in [4.69, 9.17) is 5.26 Å². The van der Waals surface area contributed by atoms with Gasteiger partial charge in [0, 0.05) is 31.9 Å². The largest absolute Gasteiger partial charge is 0.354 e. The van der Waals surface area contributed by atoms with E-state index in [1.165, 1.54) is 18.3 Å². The second kappa shape index (κ2) is 10.5. The minimum atomic E-state index is -0.268. The number of carbonyl (C=O) groups excluding carboxylic acids is 1. The summed E-state index contributed by atoms with van der Waals surface area (Å²) in [4.78, 5) is 23.7. The second-order valence-corrected chi connectivity index (χ2v) is 8.03. The summed E-state index contributed by atoms with van der Waals surface area (Å²) >= 11 is 0. The van der Waals surface area contributed by atoms with Gasteiger partial charge in [0.15, 0.2) is 0 Å². The van der Waals surface area contributed by atoms with Crippen LogP contribution in [-0.4, -0.2) is 40.9 Å². The molecule has 1 aromatic heterocycles. The van der Waals surface area contributed by atoms with Crippen LogP contribution in [0.2, 0.25) is 0 Å². The Morgan fingerprint density at radius 2 is 1.97 bits per heavy atom. The van der Waals surface area contributed by atoms with Crippen LogP contribution in [0.15, 0.2) is 54.7 Å². The molecule has 0 aliphatic heterocycles. The predicted molar refractivity (Wildman–Crippen MR) is 123 cm³/mol. The molecule has 6 nitrogen and oxygen atoms in total. The standard InChI is InChI=1S/C25H26FN5O/c1-17(2)16-31(3)24(32)22-15-29-25(28-12-11-18-5-4-6-21(26)13-18)30-23(22)20-9-7-19(14-27)8-10-20/h4-10,13,15,17H,11-12,16H2,1-3H3,(H,28,29,30). The molecule has 0 bridgehead atoms. The highest BCUT2D eigenvalue weighted by molar-refractivity contribution is 5.99. The molecule has 1 heterocycles. The van der Waals surface area contributed by atoms with Crippen molar-refractivity contribution in [2.45, 2.75) is 20.3 Å². The van der Waals surface area contributed by atoms with Crippen molar-refractivity contribution in [3.63, 3.8) is 0 Å². The molecule has 164 valence electrons. The van der Waals surface area contributed by atoms with Crippen molar-refractivity contribution in [2.24, 2.45) is 5.92 Å².